The number of halogens is 8. The molecule has 31 heavy (non-hydrogen) atoms. The molecule has 0 atom stereocenters. The first-order chi connectivity index (χ1) is 13.5. The summed E-state index contributed by atoms with van der Waals surface area (Å²) < 4.78 is 0. The number of nitriles is 1. The SMILES string of the molecule is C=CC#N.C=CC#[N+]C(C)C.CC(C)=NC(C)C.CC(C)Cl.[Cl-].[Cl][Fe]([Cl])[Cl].[Cl][Fe]([Cl])[Cl]. The van der Waals surface area contributed by atoms with Crippen molar-refractivity contribution < 1.29 is 34.7 Å². The molecular weight excluding hydrogens is 654 g/mol. The van der Waals surface area contributed by atoms with Gasteiger partial charge in [0, 0.05) is 37.1 Å². The number of aliphatic imine (C=N–C) groups is 1. The van der Waals surface area contributed by atoms with Gasteiger partial charge >= 0.3 is 89.0 Å². The predicted octanol–water partition coefficient (Wildman–Crippen LogP) is 7.25. The number of rotatable bonds is 1. The Hall–Kier alpha value is 1.49. The standard InChI is InChI=1S/C6H13N.C6H10N.C3H7Cl.C3H3N.7ClH.2Fe/c1-5(2)7-6(3)4;1-4-5-7-6(2)3;1-3(2)4;1-2-3-4;;;;;;;;;/h5H,1-4H3;4,6H,1H2,2-3H3;3H,1-2H3;2H,1H2;7*1H;;/q;+1;;;;;;;;;;2*+3/p-7. The van der Waals surface area contributed by atoms with E-state index < -0.39 is 22.3 Å². The monoisotopic (exact) mass is 683 g/mol. The number of hydrogen-bond acceptors (Lipinski definition) is 2. The summed E-state index contributed by atoms with van der Waals surface area (Å²) in [6, 6.07) is 5.14. The molecule has 0 saturated carbocycles. The summed E-state index contributed by atoms with van der Waals surface area (Å²) in [7, 11) is 29.3. The van der Waals surface area contributed by atoms with Crippen LogP contribution >= 0.6 is 72.2 Å². The van der Waals surface area contributed by atoms with Crippen LogP contribution in [0.15, 0.2) is 30.3 Å². The van der Waals surface area contributed by atoms with Gasteiger partial charge in [0.2, 0.25) is 0 Å². The topological polar surface area (TPSA) is 40.5 Å². The van der Waals surface area contributed by atoms with Crippen LogP contribution in [0.1, 0.15) is 55.4 Å². The molecule has 0 aliphatic rings. The van der Waals surface area contributed by atoms with Crippen LogP contribution < -0.4 is 12.4 Å². The molecule has 0 aromatic heterocycles. The van der Waals surface area contributed by atoms with Crippen molar-refractivity contribution in [3.63, 3.8) is 0 Å². The Kier molecular flexibility index (Phi) is 72.1. The van der Waals surface area contributed by atoms with E-state index in [1.807, 2.05) is 41.5 Å². The molecule has 0 unspecified atom stereocenters. The number of alkyl halides is 1. The van der Waals surface area contributed by atoms with Gasteiger partial charge in [-0.05, 0) is 41.5 Å². The fraction of sp³-hybridized carbons (Fsp3) is 0.611. The summed E-state index contributed by atoms with van der Waals surface area (Å²) in [5.41, 5.74) is 1.16. The van der Waals surface area contributed by atoms with E-state index >= 15 is 0 Å². The van der Waals surface area contributed by atoms with Crippen molar-refractivity contribution in [1.29, 1.82) is 5.26 Å². The third-order valence-electron chi connectivity index (χ3n) is 1.03. The van der Waals surface area contributed by atoms with E-state index in [0.29, 0.717) is 17.5 Å². The van der Waals surface area contributed by atoms with E-state index in [0.717, 1.165) is 5.71 Å². The molecular formula is C18H33Cl8Fe2N3. The second kappa shape index (κ2) is 45.1. The first kappa shape index (κ1) is 49.6. The van der Waals surface area contributed by atoms with Crippen molar-refractivity contribution in [3.8, 4) is 12.1 Å². The van der Waals surface area contributed by atoms with E-state index in [-0.39, 0.29) is 12.4 Å². The Morgan fingerprint density at radius 1 is 0.903 bits per heavy atom. The van der Waals surface area contributed by atoms with Gasteiger partial charge in [-0.1, -0.05) is 18.0 Å². The van der Waals surface area contributed by atoms with Crippen LogP contribution in [0.5, 0.6) is 0 Å². The van der Waals surface area contributed by atoms with E-state index in [4.69, 9.17) is 77.5 Å². The van der Waals surface area contributed by atoms with Gasteiger partial charge < -0.3 is 12.4 Å². The van der Waals surface area contributed by atoms with E-state index in [9.17, 15) is 0 Å². The van der Waals surface area contributed by atoms with Crippen molar-refractivity contribution in [2.45, 2.75) is 72.9 Å². The third kappa shape index (κ3) is 249. The molecule has 0 aliphatic carbocycles. The summed E-state index contributed by atoms with van der Waals surface area (Å²) in [5, 5.41) is 7.81. The van der Waals surface area contributed by atoms with Crippen molar-refractivity contribution >= 4 is 77.9 Å². The molecule has 3 nitrogen and oxygen atoms in total. The van der Waals surface area contributed by atoms with Gasteiger partial charge in [-0.25, -0.2) is 0 Å². The summed E-state index contributed by atoms with van der Waals surface area (Å²) in [4.78, 5) is 8.07. The Balaban J connectivity index is -0.0000000453. The van der Waals surface area contributed by atoms with Crippen molar-refractivity contribution in [2.75, 3.05) is 0 Å². The van der Waals surface area contributed by atoms with Crippen LogP contribution in [0.25, 0.3) is 4.85 Å². The fourth-order valence-corrected chi connectivity index (χ4v) is 0.718. The molecule has 0 fully saturated rings. The molecule has 0 saturated heterocycles. The average molecular weight is 687 g/mol. The van der Waals surface area contributed by atoms with Crippen molar-refractivity contribution in [3.05, 3.63) is 30.2 Å². The molecule has 0 heterocycles. The number of hydrogen-bond donors (Lipinski definition) is 0. The van der Waals surface area contributed by atoms with Crippen molar-refractivity contribution in [1.82, 2.24) is 0 Å². The molecule has 0 aromatic rings. The molecule has 0 N–H and O–H groups in total. The van der Waals surface area contributed by atoms with Gasteiger partial charge in [-0.3, -0.25) is 4.99 Å². The second-order valence-corrected chi connectivity index (χ2v) is 17.2. The second-order valence-electron chi connectivity index (χ2n) is 5.38. The molecule has 13 heteroatoms. The fourth-order valence-electron chi connectivity index (χ4n) is 0.718. The summed E-state index contributed by atoms with van der Waals surface area (Å²) >= 11 is 2.61. The molecule has 0 aromatic carbocycles. The van der Waals surface area contributed by atoms with E-state index in [1.165, 1.54) is 6.08 Å². The minimum absolute atomic E-state index is 0. The number of nitrogens with zero attached hydrogens (tertiary/aromatic N) is 3. The Labute approximate surface area is 235 Å². The average Bonchev–Trinajstić information content (AvgIpc) is 2.50. The molecule has 0 rings (SSSR count). The van der Waals surface area contributed by atoms with Gasteiger partial charge in [0.05, 0.1) is 12.1 Å². The number of allylic oxidation sites excluding steroid dienone is 2. The molecule has 0 spiro atoms. The first-order valence-electron chi connectivity index (χ1n) is 8.07. The van der Waals surface area contributed by atoms with Gasteiger partial charge in [0.1, 0.15) is 0 Å². The predicted molar refractivity (Wildman–Crippen MR) is 138 cm³/mol. The van der Waals surface area contributed by atoms with Crippen LogP contribution in [-0.2, 0) is 22.3 Å². The van der Waals surface area contributed by atoms with Crippen LogP contribution in [0.2, 0.25) is 0 Å². The zero-order chi connectivity index (χ0) is 25.7. The van der Waals surface area contributed by atoms with Gasteiger partial charge in [0.25, 0.3) is 6.04 Å². The summed E-state index contributed by atoms with van der Waals surface area (Å²) in [5.74, 6) is 0. The molecule has 0 aliphatic heterocycles. The van der Waals surface area contributed by atoms with Gasteiger partial charge in [-0.2, -0.15) is 5.26 Å². The zero-order valence-corrected chi connectivity index (χ0v) is 27.1. The quantitative estimate of drug-likeness (QED) is 0.124. The van der Waals surface area contributed by atoms with Crippen molar-refractivity contribution in [2.24, 2.45) is 4.99 Å². The summed E-state index contributed by atoms with van der Waals surface area (Å²) in [6.45, 7) is 22.6. The molecule has 192 valence electrons. The Morgan fingerprint density at radius 2 is 1.16 bits per heavy atom. The third-order valence-corrected chi connectivity index (χ3v) is 1.03. The van der Waals surface area contributed by atoms with Crippen LogP contribution in [0, 0.1) is 17.4 Å². The van der Waals surface area contributed by atoms with E-state index in [2.05, 4.69) is 42.9 Å². The van der Waals surface area contributed by atoms with Crippen LogP contribution in [0.3, 0.4) is 0 Å². The van der Waals surface area contributed by atoms with Crippen LogP contribution in [0.4, 0.5) is 0 Å². The Bertz CT molecular complexity index is 458. The van der Waals surface area contributed by atoms with Gasteiger partial charge in [-0.15, -0.1) is 11.6 Å². The molecule has 0 bridgehead atoms. The minimum atomic E-state index is -1.33. The zero-order valence-electron chi connectivity index (χ0n) is 18.9. The molecule has 0 radical (unpaired) electrons. The normalized spacial score (nSPS) is 8.29. The molecule has 0 amide bonds. The maximum atomic E-state index is 7.51. The maximum absolute atomic E-state index is 7.51. The first-order valence-corrected chi connectivity index (χ1v) is 17.6. The Morgan fingerprint density at radius 3 is 1.19 bits per heavy atom. The van der Waals surface area contributed by atoms with Gasteiger partial charge in [0.15, 0.2) is 0 Å². The van der Waals surface area contributed by atoms with Crippen LogP contribution in [-0.4, -0.2) is 23.2 Å². The van der Waals surface area contributed by atoms with E-state index in [1.54, 1.807) is 12.1 Å². The summed E-state index contributed by atoms with van der Waals surface area (Å²) in [6.07, 6.45) is 2.74.